The summed E-state index contributed by atoms with van der Waals surface area (Å²) in [4.78, 5) is 16.8. The van der Waals surface area contributed by atoms with Crippen LogP contribution in [0.15, 0.2) is 24.3 Å². The van der Waals surface area contributed by atoms with Crippen molar-refractivity contribution in [3.05, 3.63) is 24.3 Å². The third-order valence-corrected chi connectivity index (χ3v) is 4.08. The van der Waals surface area contributed by atoms with Gasteiger partial charge in [0.25, 0.3) is 0 Å². The number of para-hydroxylation sites is 2. The summed E-state index contributed by atoms with van der Waals surface area (Å²) in [5.41, 5.74) is 2.23. The largest absolute Gasteiger partial charge is 0.383 e. The topological polar surface area (TPSA) is 32.8 Å². The van der Waals surface area contributed by atoms with Crippen molar-refractivity contribution >= 4 is 17.3 Å². The summed E-state index contributed by atoms with van der Waals surface area (Å²) in [6.07, 6.45) is 3.13. The monoisotopic (exact) mass is 274 g/mol. The van der Waals surface area contributed by atoms with Crippen LogP contribution in [0.4, 0.5) is 11.4 Å². The molecule has 20 heavy (non-hydrogen) atoms. The number of hydrogen-bond donors (Lipinski definition) is 0. The van der Waals surface area contributed by atoms with Crippen molar-refractivity contribution in [3.8, 4) is 0 Å². The molecule has 3 rings (SSSR count). The van der Waals surface area contributed by atoms with Gasteiger partial charge in [-0.2, -0.15) is 0 Å². The van der Waals surface area contributed by atoms with E-state index < -0.39 is 0 Å². The SMILES string of the molecule is COCCN1CCCN(C(=O)C2CC2)c2ccccc21. The van der Waals surface area contributed by atoms with Gasteiger partial charge in [-0.25, -0.2) is 0 Å². The average Bonchev–Trinajstić information content (AvgIpc) is 3.31. The fraction of sp³-hybridized carbons (Fsp3) is 0.562. The van der Waals surface area contributed by atoms with Crippen LogP contribution in [-0.2, 0) is 9.53 Å². The summed E-state index contributed by atoms with van der Waals surface area (Å²) >= 11 is 0. The molecule has 1 heterocycles. The first-order valence-corrected chi connectivity index (χ1v) is 7.45. The molecule has 1 aromatic rings. The van der Waals surface area contributed by atoms with Crippen molar-refractivity contribution in [2.45, 2.75) is 19.3 Å². The molecule has 1 amide bonds. The van der Waals surface area contributed by atoms with E-state index in [0.29, 0.717) is 12.5 Å². The number of carbonyl (C=O) groups is 1. The number of hydrogen-bond acceptors (Lipinski definition) is 3. The second kappa shape index (κ2) is 5.83. The Balaban J connectivity index is 1.88. The zero-order valence-corrected chi connectivity index (χ0v) is 12.0. The zero-order chi connectivity index (χ0) is 13.9. The van der Waals surface area contributed by atoms with E-state index in [-0.39, 0.29) is 5.92 Å². The van der Waals surface area contributed by atoms with Crippen molar-refractivity contribution < 1.29 is 9.53 Å². The molecule has 4 nitrogen and oxygen atoms in total. The number of benzene rings is 1. The summed E-state index contributed by atoms with van der Waals surface area (Å²) in [7, 11) is 1.73. The summed E-state index contributed by atoms with van der Waals surface area (Å²) < 4.78 is 5.20. The van der Waals surface area contributed by atoms with Crippen LogP contribution in [0.5, 0.6) is 0 Å². The number of rotatable bonds is 4. The molecular formula is C16H22N2O2. The highest BCUT2D eigenvalue weighted by Crippen LogP contribution is 2.37. The predicted octanol–water partition coefficient (Wildman–Crippen LogP) is 2.29. The van der Waals surface area contributed by atoms with Crippen LogP contribution in [0.2, 0.25) is 0 Å². The molecule has 1 saturated carbocycles. The molecule has 2 aliphatic rings. The highest BCUT2D eigenvalue weighted by atomic mass is 16.5. The lowest BCUT2D eigenvalue weighted by Gasteiger charge is -2.26. The molecule has 1 aromatic carbocycles. The minimum atomic E-state index is 0.272. The van der Waals surface area contributed by atoms with Gasteiger partial charge in [0.2, 0.25) is 5.91 Å². The third kappa shape index (κ3) is 2.66. The minimum Gasteiger partial charge on any atom is -0.383 e. The maximum absolute atomic E-state index is 12.5. The lowest BCUT2D eigenvalue weighted by Crippen LogP contribution is -2.32. The first kappa shape index (κ1) is 13.4. The zero-order valence-electron chi connectivity index (χ0n) is 12.0. The van der Waals surface area contributed by atoms with Gasteiger partial charge in [-0.3, -0.25) is 4.79 Å². The van der Waals surface area contributed by atoms with Crippen LogP contribution >= 0.6 is 0 Å². The van der Waals surface area contributed by atoms with Gasteiger partial charge in [-0.05, 0) is 31.4 Å². The highest BCUT2D eigenvalue weighted by molar-refractivity contribution is 5.99. The molecule has 1 fully saturated rings. The normalized spacial score (nSPS) is 18.6. The molecule has 108 valence electrons. The Morgan fingerprint density at radius 2 is 2.00 bits per heavy atom. The molecule has 0 aromatic heterocycles. The van der Waals surface area contributed by atoms with E-state index in [1.54, 1.807) is 7.11 Å². The van der Waals surface area contributed by atoms with E-state index in [2.05, 4.69) is 17.0 Å². The fourth-order valence-corrected chi connectivity index (χ4v) is 2.83. The standard InChI is InChI=1S/C16H22N2O2/c1-20-12-11-17-9-4-10-18(16(19)13-7-8-13)15-6-3-2-5-14(15)17/h2-3,5-6,13H,4,7-12H2,1H3. The molecular weight excluding hydrogens is 252 g/mol. The van der Waals surface area contributed by atoms with Crippen LogP contribution in [0.3, 0.4) is 0 Å². The quantitative estimate of drug-likeness (QED) is 0.844. The first-order chi connectivity index (χ1) is 9.81. The van der Waals surface area contributed by atoms with E-state index in [9.17, 15) is 4.79 Å². The fourth-order valence-electron chi connectivity index (χ4n) is 2.83. The van der Waals surface area contributed by atoms with Crippen LogP contribution in [-0.4, -0.2) is 39.3 Å². The third-order valence-electron chi connectivity index (χ3n) is 4.08. The number of anilines is 2. The maximum atomic E-state index is 12.5. The van der Waals surface area contributed by atoms with Gasteiger partial charge in [-0.15, -0.1) is 0 Å². The molecule has 0 spiro atoms. The van der Waals surface area contributed by atoms with Gasteiger partial charge >= 0.3 is 0 Å². The molecule has 1 aliphatic carbocycles. The van der Waals surface area contributed by atoms with Crippen molar-refractivity contribution in [2.75, 3.05) is 43.2 Å². The van der Waals surface area contributed by atoms with Gasteiger partial charge in [0.05, 0.1) is 18.0 Å². The molecule has 0 bridgehead atoms. The Kier molecular flexibility index (Phi) is 3.92. The van der Waals surface area contributed by atoms with Gasteiger partial charge < -0.3 is 14.5 Å². The molecule has 4 heteroatoms. The van der Waals surface area contributed by atoms with E-state index in [0.717, 1.165) is 50.3 Å². The average molecular weight is 274 g/mol. The lowest BCUT2D eigenvalue weighted by molar-refractivity contribution is -0.119. The number of fused-ring (bicyclic) bond motifs is 1. The summed E-state index contributed by atoms with van der Waals surface area (Å²) in [6, 6.07) is 8.25. The van der Waals surface area contributed by atoms with Gasteiger partial charge in [0, 0.05) is 32.7 Å². The van der Waals surface area contributed by atoms with Crippen LogP contribution in [0.25, 0.3) is 0 Å². The van der Waals surface area contributed by atoms with E-state index >= 15 is 0 Å². The lowest BCUT2D eigenvalue weighted by atomic mass is 10.2. The number of amides is 1. The Hall–Kier alpha value is -1.55. The Morgan fingerprint density at radius 3 is 2.70 bits per heavy atom. The number of methoxy groups -OCH3 is 1. The number of nitrogens with zero attached hydrogens (tertiary/aromatic N) is 2. The second-order valence-electron chi connectivity index (χ2n) is 5.59. The van der Waals surface area contributed by atoms with Crippen molar-refractivity contribution in [3.63, 3.8) is 0 Å². The maximum Gasteiger partial charge on any atom is 0.230 e. The highest BCUT2D eigenvalue weighted by Gasteiger charge is 2.35. The first-order valence-electron chi connectivity index (χ1n) is 7.45. The Labute approximate surface area is 120 Å². The van der Waals surface area contributed by atoms with Crippen molar-refractivity contribution in [1.82, 2.24) is 0 Å². The van der Waals surface area contributed by atoms with Gasteiger partial charge in [-0.1, -0.05) is 12.1 Å². The van der Waals surface area contributed by atoms with E-state index in [4.69, 9.17) is 4.74 Å². The molecule has 1 aliphatic heterocycles. The van der Waals surface area contributed by atoms with Crippen molar-refractivity contribution in [1.29, 1.82) is 0 Å². The second-order valence-corrected chi connectivity index (χ2v) is 5.59. The van der Waals surface area contributed by atoms with Crippen LogP contribution in [0.1, 0.15) is 19.3 Å². The van der Waals surface area contributed by atoms with Crippen molar-refractivity contribution in [2.24, 2.45) is 5.92 Å². The van der Waals surface area contributed by atoms with E-state index in [1.807, 2.05) is 17.0 Å². The summed E-state index contributed by atoms with van der Waals surface area (Å²) in [5.74, 6) is 0.583. The molecule has 0 N–H and O–H groups in total. The summed E-state index contributed by atoms with van der Waals surface area (Å²) in [6.45, 7) is 3.40. The molecule has 0 radical (unpaired) electrons. The van der Waals surface area contributed by atoms with Gasteiger partial charge in [0.15, 0.2) is 0 Å². The molecule has 0 unspecified atom stereocenters. The minimum absolute atomic E-state index is 0.272. The Morgan fingerprint density at radius 1 is 1.25 bits per heavy atom. The van der Waals surface area contributed by atoms with Gasteiger partial charge in [0.1, 0.15) is 0 Å². The summed E-state index contributed by atoms with van der Waals surface area (Å²) in [5, 5.41) is 0. The molecule has 0 atom stereocenters. The smallest absolute Gasteiger partial charge is 0.230 e. The molecule has 0 saturated heterocycles. The number of ether oxygens (including phenoxy) is 1. The van der Waals surface area contributed by atoms with Crippen LogP contribution in [0, 0.1) is 5.92 Å². The predicted molar refractivity (Wildman–Crippen MR) is 80.2 cm³/mol. The van der Waals surface area contributed by atoms with E-state index in [1.165, 1.54) is 0 Å². The number of carbonyl (C=O) groups excluding carboxylic acids is 1. The Bertz CT molecular complexity index is 485. The van der Waals surface area contributed by atoms with Crippen LogP contribution < -0.4 is 9.80 Å².